The van der Waals surface area contributed by atoms with Crippen LogP contribution in [0.5, 0.6) is 0 Å². The normalized spacial score (nSPS) is 26.7. The monoisotopic (exact) mass is 448 g/mol. The molecule has 1 aromatic carbocycles. The number of ketones is 1. The number of hydrogen-bond donors (Lipinski definition) is 2. The summed E-state index contributed by atoms with van der Waals surface area (Å²) in [6, 6.07) is 6.55. The molecule has 2 N–H and O–H groups in total. The Balaban J connectivity index is 1.73. The van der Waals surface area contributed by atoms with Crippen molar-refractivity contribution in [3.63, 3.8) is 0 Å². The maximum absolute atomic E-state index is 13.4. The van der Waals surface area contributed by atoms with Gasteiger partial charge in [-0.3, -0.25) is 14.4 Å². The summed E-state index contributed by atoms with van der Waals surface area (Å²) >= 11 is 6.01. The molecule has 7 heteroatoms. The highest BCUT2D eigenvalue weighted by atomic mass is 35.5. The number of amides is 2. The molecule has 6 nitrogen and oxygen atoms in total. The van der Waals surface area contributed by atoms with Crippen molar-refractivity contribution >= 4 is 29.2 Å². The lowest BCUT2D eigenvalue weighted by atomic mass is 9.66. The summed E-state index contributed by atoms with van der Waals surface area (Å²) in [6.45, 7) is 8.47. The van der Waals surface area contributed by atoms with Gasteiger partial charge in [0.05, 0.1) is 5.60 Å². The number of halogens is 1. The van der Waals surface area contributed by atoms with Crippen LogP contribution in [0.2, 0.25) is 5.02 Å². The zero-order valence-corrected chi connectivity index (χ0v) is 19.5. The molecule has 1 aliphatic carbocycles. The molecule has 3 atom stereocenters. The van der Waals surface area contributed by atoms with Gasteiger partial charge in [-0.2, -0.15) is 0 Å². The molecule has 1 saturated carbocycles. The summed E-state index contributed by atoms with van der Waals surface area (Å²) in [4.78, 5) is 39.3. The van der Waals surface area contributed by atoms with E-state index in [2.05, 4.69) is 5.32 Å². The van der Waals surface area contributed by atoms with Crippen molar-refractivity contribution in [2.45, 2.75) is 65.0 Å². The minimum absolute atomic E-state index is 0.0891. The summed E-state index contributed by atoms with van der Waals surface area (Å²) < 4.78 is 0. The molecule has 1 aromatic rings. The van der Waals surface area contributed by atoms with Crippen LogP contribution in [0.3, 0.4) is 0 Å². The highest BCUT2D eigenvalue weighted by Crippen LogP contribution is 2.46. The molecular weight excluding hydrogens is 416 g/mol. The third kappa shape index (κ3) is 4.80. The quantitative estimate of drug-likeness (QED) is 0.723. The predicted molar refractivity (Wildman–Crippen MR) is 119 cm³/mol. The van der Waals surface area contributed by atoms with Crippen LogP contribution in [0.25, 0.3) is 0 Å². The van der Waals surface area contributed by atoms with E-state index >= 15 is 0 Å². The highest BCUT2D eigenvalue weighted by molar-refractivity contribution is 6.30. The summed E-state index contributed by atoms with van der Waals surface area (Å²) in [6.07, 6.45) is 1.63. The van der Waals surface area contributed by atoms with E-state index in [4.69, 9.17) is 11.6 Å². The van der Waals surface area contributed by atoms with Gasteiger partial charge >= 0.3 is 0 Å². The second kappa shape index (κ2) is 8.91. The fourth-order valence-electron chi connectivity index (χ4n) is 4.79. The van der Waals surface area contributed by atoms with Crippen molar-refractivity contribution in [3.05, 3.63) is 34.9 Å². The average Bonchev–Trinajstić information content (AvgIpc) is 3.14. The number of nitrogens with one attached hydrogen (secondary N) is 1. The molecule has 2 amide bonds. The summed E-state index contributed by atoms with van der Waals surface area (Å²) in [5, 5.41) is 15.1. The topological polar surface area (TPSA) is 86.7 Å². The Morgan fingerprint density at radius 2 is 1.87 bits per heavy atom. The van der Waals surface area contributed by atoms with E-state index < -0.39 is 17.1 Å². The van der Waals surface area contributed by atoms with Crippen molar-refractivity contribution in [1.29, 1.82) is 0 Å². The lowest BCUT2D eigenvalue weighted by molar-refractivity contribution is -0.157. The van der Waals surface area contributed by atoms with Gasteiger partial charge in [0.1, 0.15) is 11.8 Å². The van der Waals surface area contributed by atoms with Crippen LogP contribution >= 0.6 is 11.6 Å². The van der Waals surface area contributed by atoms with Crippen LogP contribution in [0.4, 0.5) is 0 Å². The zero-order valence-electron chi connectivity index (χ0n) is 18.8. The third-order valence-corrected chi connectivity index (χ3v) is 7.18. The minimum Gasteiger partial charge on any atom is -0.384 e. The Morgan fingerprint density at radius 3 is 2.39 bits per heavy atom. The van der Waals surface area contributed by atoms with Gasteiger partial charge in [-0.15, -0.1) is 0 Å². The first kappa shape index (κ1) is 23.7. The SMILES string of the molecule is CC(C)[C@@H](NC(=O)[C@H]1CCC(=O)C1)C(=O)N1CC[C@](O)(c2ccc(Cl)cc2)C(C)(C)C1. The van der Waals surface area contributed by atoms with E-state index in [1.54, 1.807) is 17.0 Å². The van der Waals surface area contributed by atoms with Crippen LogP contribution in [-0.2, 0) is 20.0 Å². The Bertz CT molecular complexity index is 852. The van der Waals surface area contributed by atoms with Gasteiger partial charge < -0.3 is 15.3 Å². The van der Waals surface area contributed by atoms with E-state index in [9.17, 15) is 19.5 Å². The van der Waals surface area contributed by atoms with Crippen LogP contribution in [0.15, 0.2) is 24.3 Å². The molecule has 0 unspecified atom stereocenters. The first-order valence-electron chi connectivity index (χ1n) is 11.0. The number of hydrogen-bond acceptors (Lipinski definition) is 4. The van der Waals surface area contributed by atoms with Gasteiger partial charge in [-0.05, 0) is 36.5 Å². The molecule has 3 rings (SSSR count). The fraction of sp³-hybridized carbons (Fsp3) is 0.625. The minimum atomic E-state index is -1.09. The van der Waals surface area contributed by atoms with Crippen LogP contribution < -0.4 is 5.32 Å². The van der Waals surface area contributed by atoms with Crippen LogP contribution in [0, 0.1) is 17.3 Å². The first-order chi connectivity index (χ1) is 14.4. The maximum atomic E-state index is 13.4. The molecule has 2 fully saturated rings. The van der Waals surface area contributed by atoms with Gasteiger partial charge in [-0.25, -0.2) is 0 Å². The second-order valence-electron chi connectivity index (χ2n) is 9.97. The number of aliphatic hydroxyl groups is 1. The smallest absolute Gasteiger partial charge is 0.245 e. The van der Waals surface area contributed by atoms with E-state index in [1.165, 1.54) is 0 Å². The van der Waals surface area contributed by atoms with Gasteiger partial charge in [-0.1, -0.05) is 51.4 Å². The Kier molecular flexibility index (Phi) is 6.82. The van der Waals surface area contributed by atoms with Gasteiger partial charge in [0.2, 0.25) is 11.8 Å². The third-order valence-electron chi connectivity index (χ3n) is 6.93. The van der Waals surface area contributed by atoms with Crippen molar-refractivity contribution in [1.82, 2.24) is 10.2 Å². The number of likely N-dealkylation sites (tertiary alicyclic amines) is 1. The Hall–Kier alpha value is -1.92. The Morgan fingerprint density at radius 1 is 1.23 bits per heavy atom. The molecule has 2 aliphatic rings. The van der Waals surface area contributed by atoms with E-state index in [0.717, 1.165) is 5.56 Å². The molecular formula is C24H33ClN2O4. The molecule has 1 aliphatic heterocycles. The van der Waals surface area contributed by atoms with Crippen molar-refractivity contribution < 1.29 is 19.5 Å². The highest BCUT2D eigenvalue weighted by Gasteiger charge is 2.50. The molecule has 0 spiro atoms. The number of rotatable bonds is 5. The van der Waals surface area contributed by atoms with Gasteiger partial charge in [0.25, 0.3) is 0 Å². The van der Waals surface area contributed by atoms with Crippen molar-refractivity contribution in [2.75, 3.05) is 13.1 Å². The maximum Gasteiger partial charge on any atom is 0.245 e. The lowest BCUT2D eigenvalue weighted by Crippen LogP contribution is -2.60. The molecule has 0 radical (unpaired) electrons. The number of Topliss-reactive ketones (excluding diaryl/α,β-unsaturated/α-hetero) is 1. The van der Waals surface area contributed by atoms with E-state index in [-0.39, 0.29) is 35.9 Å². The largest absolute Gasteiger partial charge is 0.384 e. The number of nitrogens with zero attached hydrogens (tertiary/aromatic N) is 1. The standard InChI is InChI=1S/C24H33ClN2O4/c1-15(2)20(26-21(29)16-5-10-19(28)13-16)22(30)27-12-11-24(31,23(3,4)14-27)17-6-8-18(25)9-7-17/h6-9,15-16,20,31H,5,10-14H2,1-4H3,(H,26,29)/t16-,20+,24-/m0/s1. The van der Waals surface area contributed by atoms with E-state index in [0.29, 0.717) is 37.4 Å². The van der Waals surface area contributed by atoms with Crippen LogP contribution in [0.1, 0.15) is 58.9 Å². The van der Waals surface area contributed by atoms with Crippen molar-refractivity contribution in [3.8, 4) is 0 Å². The predicted octanol–water partition coefficient (Wildman–Crippen LogP) is 3.30. The van der Waals surface area contributed by atoms with Gasteiger partial charge in [0, 0.05) is 42.3 Å². The number of piperidine rings is 1. The zero-order chi connectivity index (χ0) is 23.0. The molecule has 170 valence electrons. The number of benzene rings is 1. The number of carbonyl (C=O) groups excluding carboxylic acids is 3. The lowest BCUT2D eigenvalue weighted by Gasteiger charge is -2.51. The van der Waals surface area contributed by atoms with Gasteiger partial charge in [0.15, 0.2) is 0 Å². The first-order valence-corrected chi connectivity index (χ1v) is 11.4. The summed E-state index contributed by atoms with van der Waals surface area (Å²) in [5.41, 5.74) is -0.901. The summed E-state index contributed by atoms with van der Waals surface area (Å²) in [7, 11) is 0. The number of carbonyl (C=O) groups is 3. The summed E-state index contributed by atoms with van der Waals surface area (Å²) in [5.74, 6) is -0.680. The molecule has 1 heterocycles. The van der Waals surface area contributed by atoms with Crippen LogP contribution in [-0.4, -0.2) is 46.7 Å². The molecule has 31 heavy (non-hydrogen) atoms. The molecule has 0 aromatic heterocycles. The van der Waals surface area contributed by atoms with E-state index in [1.807, 2.05) is 39.8 Å². The average molecular weight is 449 g/mol. The second-order valence-corrected chi connectivity index (χ2v) is 10.4. The Labute approximate surface area is 189 Å². The fourth-order valence-corrected chi connectivity index (χ4v) is 4.92. The van der Waals surface area contributed by atoms with Crippen molar-refractivity contribution in [2.24, 2.45) is 17.3 Å². The molecule has 0 bridgehead atoms. The molecule has 1 saturated heterocycles.